The topological polar surface area (TPSA) is 22.1 Å². The largest absolute Gasteiger partial charge is 0.408 e. The Bertz CT molecular complexity index is 452. The molecule has 16 heavy (non-hydrogen) atoms. The van der Waals surface area contributed by atoms with Crippen LogP contribution in [0.3, 0.4) is 0 Å². The molecule has 0 aromatic carbocycles. The van der Waals surface area contributed by atoms with Gasteiger partial charge in [0.25, 0.3) is 0 Å². The first-order chi connectivity index (χ1) is 7.41. The second kappa shape index (κ2) is 2.96. The third-order valence-corrected chi connectivity index (χ3v) is 4.52. The van der Waals surface area contributed by atoms with Crippen molar-refractivity contribution < 1.29 is 4.43 Å². The summed E-state index contributed by atoms with van der Waals surface area (Å²) in [5.74, 6) is 0.712. The summed E-state index contributed by atoms with van der Waals surface area (Å²) in [4.78, 5) is 4.65. The Kier molecular flexibility index (Phi) is 1.94. The second-order valence-electron chi connectivity index (χ2n) is 6.16. The van der Waals surface area contributed by atoms with Crippen LogP contribution in [0, 0.1) is 12.8 Å². The first-order valence-corrected chi connectivity index (χ1v) is 9.49. The Hall–Kier alpha value is -0.673. The number of rotatable bonds is 2. The first-order valence-electron chi connectivity index (χ1n) is 6.08. The van der Waals surface area contributed by atoms with Crippen molar-refractivity contribution in [2.45, 2.75) is 45.0 Å². The van der Waals surface area contributed by atoms with Crippen LogP contribution in [0.25, 0.3) is 0 Å². The zero-order valence-electron chi connectivity index (χ0n) is 10.5. The Morgan fingerprint density at radius 2 is 2.12 bits per heavy atom. The molecule has 0 amide bonds. The molecule has 0 bridgehead atoms. The molecule has 2 unspecified atom stereocenters. The van der Waals surface area contributed by atoms with Crippen molar-refractivity contribution in [3.63, 3.8) is 0 Å². The smallest absolute Gasteiger partial charge is 0.184 e. The van der Waals surface area contributed by atoms with Crippen LogP contribution >= 0.6 is 0 Å². The lowest BCUT2D eigenvalue weighted by atomic mass is 10.1. The van der Waals surface area contributed by atoms with Crippen LogP contribution in [0.2, 0.25) is 19.6 Å². The van der Waals surface area contributed by atoms with Crippen molar-refractivity contribution in [1.82, 2.24) is 4.98 Å². The number of aryl methyl sites for hydroxylation is 1. The summed E-state index contributed by atoms with van der Waals surface area (Å²) in [5.41, 5.74) is 3.86. The van der Waals surface area contributed by atoms with E-state index in [1.165, 1.54) is 17.7 Å². The molecule has 2 nitrogen and oxygen atoms in total. The lowest BCUT2D eigenvalue weighted by Crippen LogP contribution is -2.32. The molecular weight excluding hydrogens is 214 g/mol. The van der Waals surface area contributed by atoms with E-state index in [-0.39, 0.29) is 5.60 Å². The molecule has 0 spiro atoms. The molecule has 0 saturated heterocycles. The van der Waals surface area contributed by atoms with Crippen molar-refractivity contribution in [2.24, 2.45) is 5.92 Å². The summed E-state index contributed by atoms with van der Waals surface area (Å²) >= 11 is 0. The number of nitrogens with zero attached hydrogens (tertiary/aromatic N) is 1. The Morgan fingerprint density at radius 1 is 1.38 bits per heavy atom. The highest BCUT2D eigenvalue weighted by molar-refractivity contribution is 6.69. The van der Waals surface area contributed by atoms with E-state index in [1.54, 1.807) is 0 Å². The van der Waals surface area contributed by atoms with Gasteiger partial charge < -0.3 is 4.43 Å². The highest BCUT2D eigenvalue weighted by Gasteiger charge is 2.63. The fourth-order valence-electron chi connectivity index (χ4n) is 2.99. The number of pyridine rings is 1. The monoisotopic (exact) mass is 233 g/mol. The highest BCUT2D eigenvalue weighted by atomic mass is 28.4. The molecule has 0 aliphatic heterocycles. The SMILES string of the molecule is Cc1ccc2c(n1)CC1CC21O[Si](C)(C)C. The predicted molar refractivity (Wildman–Crippen MR) is 66.9 cm³/mol. The van der Waals surface area contributed by atoms with Crippen molar-refractivity contribution in [1.29, 1.82) is 0 Å². The van der Waals surface area contributed by atoms with E-state index < -0.39 is 8.32 Å². The molecule has 1 aromatic rings. The molecular formula is C13H19NOSi. The Balaban J connectivity index is 1.98. The lowest BCUT2D eigenvalue weighted by molar-refractivity contribution is 0.161. The van der Waals surface area contributed by atoms with Crippen LogP contribution in [-0.4, -0.2) is 13.3 Å². The number of fused-ring (bicyclic) bond motifs is 3. The lowest BCUT2D eigenvalue weighted by Gasteiger charge is -2.26. The van der Waals surface area contributed by atoms with Gasteiger partial charge in [-0.05, 0) is 51.4 Å². The van der Waals surface area contributed by atoms with Crippen molar-refractivity contribution >= 4 is 8.32 Å². The Morgan fingerprint density at radius 3 is 2.81 bits per heavy atom. The second-order valence-corrected chi connectivity index (χ2v) is 10.6. The maximum Gasteiger partial charge on any atom is 0.184 e. The van der Waals surface area contributed by atoms with Gasteiger partial charge in [-0.25, -0.2) is 0 Å². The number of aromatic nitrogens is 1. The van der Waals surface area contributed by atoms with E-state index in [2.05, 4.69) is 43.7 Å². The molecule has 1 aromatic heterocycles. The standard InChI is InChI=1S/C13H19NOSi/c1-9-5-6-11-12(14-9)7-10-8-13(10,11)15-16(2,3)4/h5-6,10H,7-8H2,1-4H3. The van der Waals surface area contributed by atoms with Crippen LogP contribution in [0.15, 0.2) is 12.1 Å². The fraction of sp³-hybridized carbons (Fsp3) is 0.615. The van der Waals surface area contributed by atoms with Gasteiger partial charge in [-0.15, -0.1) is 0 Å². The molecule has 0 N–H and O–H groups in total. The molecule has 3 heteroatoms. The normalized spacial score (nSPS) is 31.1. The number of hydrogen-bond acceptors (Lipinski definition) is 2. The van der Waals surface area contributed by atoms with Gasteiger partial charge in [-0.2, -0.15) is 0 Å². The van der Waals surface area contributed by atoms with Gasteiger partial charge in [-0.3, -0.25) is 4.98 Å². The van der Waals surface area contributed by atoms with E-state index in [4.69, 9.17) is 4.43 Å². The van der Waals surface area contributed by atoms with E-state index in [0.717, 1.165) is 12.1 Å². The van der Waals surface area contributed by atoms with Gasteiger partial charge in [0.2, 0.25) is 0 Å². The van der Waals surface area contributed by atoms with Crippen molar-refractivity contribution in [2.75, 3.05) is 0 Å². The van der Waals surface area contributed by atoms with E-state index in [9.17, 15) is 0 Å². The minimum Gasteiger partial charge on any atom is -0.408 e. The van der Waals surface area contributed by atoms with Crippen LogP contribution in [-0.2, 0) is 16.4 Å². The molecule has 2 aliphatic rings. The summed E-state index contributed by atoms with van der Waals surface area (Å²) in [6, 6.07) is 4.36. The summed E-state index contributed by atoms with van der Waals surface area (Å²) in [7, 11) is -1.46. The minimum atomic E-state index is -1.46. The maximum absolute atomic E-state index is 6.43. The van der Waals surface area contributed by atoms with Gasteiger partial charge in [0.15, 0.2) is 8.32 Å². The number of hydrogen-bond donors (Lipinski definition) is 0. The average Bonchev–Trinajstić information content (AvgIpc) is 2.68. The molecule has 3 rings (SSSR count). The summed E-state index contributed by atoms with van der Waals surface area (Å²) < 4.78 is 6.43. The molecule has 2 aliphatic carbocycles. The molecule has 1 saturated carbocycles. The fourth-order valence-corrected chi connectivity index (χ4v) is 4.44. The molecule has 2 atom stereocenters. The molecule has 0 radical (unpaired) electrons. The maximum atomic E-state index is 6.43. The van der Waals surface area contributed by atoms with Gasteiger partial charge in [0, 0.05) is 17.0 Å². The first kappa shape index (κ1) is 10.5. The van der Waals surface area contributed by atoms with E-state index in [1.807, 2.05) is 0 Å². The van der Waals surface area contributed by atoms with E-state index >= 15 is 0 Å². The van der Waals surface area contributed by atoms with Gasteiger partial charge in [-0.1, -0.05) is 6.07 Å². The third-order valence-electron chi connectivity index (χ3n) is 3.55. The minimum absolute atomic E-state index is 0.0699. The zero-order chi connectivity index (χ0) is 11.6. The molecule has 86 valence electrons. The molecule has 1 fully saturated rings. The quantitative estimate of drug-likeness (QED) is 0.733. The Labute approximate surface area is 98.2 Å². The average molecular weight is 233 g/mol. The van der Waals surface area contributed by atoms with Gasteiger partial charge >= 0.3 is 0 Å². The van der Waals surface area contributed by atoms with Gasteiger partial charge in [0.05, 0.1) is 5.60 Å². The van der Waals surface area contributed by atoms with Crippen LogP contribution < -0.4 is 0 Å². The zero-order valence-corrected chi connectivity index (χ0v) is 11.5. The van der Waals surface area contributed by atoms with Crippen LogP contribution in [0.4, 0.5) is 0 Å². The third kappa shape index (κ3) is 1.45. The van der Waals surface area contributed by atoms with E-state index in [0.29, 0.717) is 5.92 Å². The summed E-state index contributed by atoms with van der Waals surface area (Å²) in [5, 5.41) is 0. The van der Waals surface area contributed by atoms with Crippen LogP contribution in [0.5, 0.6) is 0 Å². The van der Waals surface area contributed by atoms with Crippen molar-refractivity contribution in [3.8, 4) is 0 Å². The van der Waals surface area contributed by atoms with Gasteiger partial charge in [0.1, 0.15) is 0 Å². The summed E-state index contributed by atoms with van der Waals surface area (Å²) in [6.07, 6.45) is 2.34. The highest BCUT2D eigenvalue weighted by Crippen LogP contribution is 2.63. The predicted octanol–water partition coefficient (Wildman–Crippen LogP) is 3.01. The van der Waals surface area contributed by atoms with Crippen LogP contribution in [0.1, 0.15) is 23.4 Å². The summed E-state index contributed by atoms with van der Waals surface area (Å²) in [6.45, 7) is 8.89. The van der Waals surface area contributed by atoms with Crippen molar-refractivity contribution in [3.05, 3.63) is 29.1 Å². The molecule has 1 heterocycles.